The molecule has 0 unspecified atom stereocenters. The molecule has 0 heterocycles. The Morgan fingerprint density at radius 2 is 1.82 bits per heavy atom. The van der Waals surface area contributed by atoms with Gasteiger partial charge in [0.25, 0.3) is 0 Å². The van der Waals surface area contributed by atoms with Crippen LogP contribution in [0.1, 0.15) is 5.56 Å². The molecule has 0 aliphatic carbocycles. The molecule has 1 aromatic carbocycles. The van der Waals surface area contributed by atoms with Crippen molar-refractivity contribution >= 4 is 5.83 Å². The molecule has 58 valence electrons. The molecule has 0 bridgehead atoms. The van der Waals surface area contributed by atoms with Crippen molar-refractivity contribution in [2.45, 2.75) is 0 Å². The molecule has 0 N–H and O–H groups in total. The maximum absolute atomic E-state index is 12.4. The van der Waals surface area contributed by atoms with Gasteiger partial charge in [-0.2, -0.15) is 0 Å². The lowest BCUT2D eigenvalue weighted by atomic mass is 10.2. The van der Waals surface area contributed by atoms with E-state index in [4.69, 9.17) is 0 Å². The second kappa shape index (κ2) is 2.78. The highest BCUT2D eigenvalue weighted by molar-refractivity contribution is 5.56. The monoisotopic (exact) mass is 158 g/mol. The Bertz CT molecular complexity index is 291. The predicted molar refractivity (Wildman–Crippen MR) is 36.5 cm³/mol. The highest BCUT2D eigenvalue weighted by Gasteiger charge is 2.03. The lowest BCUT2D eigenvalue weighted by Crippen LogP contribution is -1.85. The van der Waals surface area contributed by atoms with E-state index in [9.17, 15) is 13.2 Å². The number of hydrogen-bond acceptors (Lipinski definition) is 0. The number of halogens is 3. The summed E-state index contributed by atoms with van der Waals surface area (Å²) in [5.74, 6) is -2.83. The van der Waals surface area contributed by atoms with Crippen LogP contribution >= 0.6 is 0 Å². The Balaban J connectivity index is 3.15. The Morgan fingerprint density at radius 1 is 1.18 bits per heavy atom. The third-order valence-corrected chi connectivity index (χ3v) is 1.23. The van der Waals surface area contributed by atoms with Crippen LogP contribution in [0.2, 0.25) is 0 Å². The topological polar surface area (TPSA) is 0 Å². The van der Waals surface area contributed by atoms with Crippen LogP contribution in [0.25, 0.3) is 5.83 Å². The number of hydrogen-bond donors (Lipinski definition) is 0. The van der Waals surface area contributed by atoms with E-state index in [-0.39, 0.29) is 5.56 Å². The van der Waals surface area contributed by atoms with Gasteiger partial charge in [0.2, 0.25) is 0 Å². The molecule has 0 spiro atoms. The van der Waals surface area contributed by atoms with Gasteiger partial charge in [0.1, 0.15) is 5.83 Å². The summed E-state index contributed by atoms with van der Waals surface area (Å²) in [5.41, 5.74) is -0.0381. The summed E-state index contributed by atoms with van der Waals surface area (Å²) in [4.78, 5) is 0. The first-order chi connectivity index (χ1) is 5.11. The summed E-state index contributed by atoms with van der Waals surface area (Å²) in [6, 6.07) is 2.74. The van der Waals surface area contributed by atoms with Crippen molar-refractivity contribution in [1.82, 2.24) is 0 Å². The zero-order valence-electron chi connectivity index (χ0n) is 5.57. The normalized spacial score (nSPS) is 9.73. The van der Waals surface area contributed by atoms with Gasteiger partial charge >= 0.3 is 0 Å². The van der Waals surface area contributed by atoms with Crippen molar-refractivity contribution in [3.8, 4) is 0 Å². The second-order valence-electron chi connectivity index (χ2n) is 2.03. The van der Waals surface area contributed by atoms with E-state index in [1.165, 1.54) is 0 Å². The van der Waals surface area contributed by atoms with Crippen LogP contribution in [0.3, 0.4) is 0 Å². The van der Waals surface area contributed by atoms with Crippen LogP contribution in [0, 0.1) is 11.6 Å². The van der Waals surface area contributed by atoms with Gasteiger partial charge in [0.15, 0.2) is 11.6 Å². The first kappa shape index (κ1) is 7.85. The standard InChI is InChI=1S/C8H5F3/c1-5(9)6-2-3-7(10)8(11)4-6/h2-4H,1H2. The summed E-state index contributed by atoms with van der Waals surface area (Å²) in [7, 11) is 0. The van der Waals surface area contributed by atoms with Crippen molar-refractivity contribution in [3.05, 3.63) is 42.0 Å². The van der Waals surface area contributed by atoms with Crippen molar-refractivity contribution in [1.29, 1.82) is 0 Å². The molecule has 11 heavy (non-hydrogen) atoms. The van der Waals surface area contributed by atoms with Crippen molar-refractivity contribution < 1.29 is 13.2 Å². The highest BCUT2D eigenvalue weighted by Crippen LogP contribution is 2.16. The quantitative estimate of drug-likeness (QED) is 0.589. The van der Waals surface area contributed by atoms with Crippen molar-refractivity contribution in [2.24, 2.45) is 0 Å². The average molecular weight is 158 g/mol. The molecule has 0 aromatic heterocycles. The SMILES string of the molecule is C=C(F)c1ccc(F)c(F)c1. The van der Waals surface area contributed by atoms with Crippen LogP contribution in [0.5, 0.6) is 0 Å². The number of rotatable bonds is 1. The third-order valence-electron chi connectivity index (χ3n) is 1.23. The Labute approximate surface area is 62.0 Å². The fourth-order valence-electron chi connectivity index (χ4n) is 0.665. The smallest absolute Gasteiger partial charge is 0.159 e. The Morgan fingerprint density at radius 3 is 2.27 bits per heavy atom. The molecule has 3 heteroatoms. The van der Waals surface area contributed by atoms with Gasteiger partial charge < -0.3 is 0 Å². The molecule has 0 saturated carbocycles. The molecular formula is C8H5F3. The fraction of sp³-hybridized carbons (Fsp3) is 0. The molecule has 0 nitrogen and oxygen atoms in total. The van der Waals surface area contributed by atoms with E-state index in [0.29, 0.717) is 0 Å². The Hall–Kier alpha value is -1.25. The summed E-state index contributed by atoms with van der Waals surface area (Å²) in [6.45, 7) is 2.94. The summed E-state index contributed by atoms with van der Waals surface area (Å²) < 4.78 is 36.9. The van der Waals surface area contributed by atoms with Gasteiger partial charge in [0, 0.05) is 5.56 Å². The molecular weight excluding hydrogens is 153 g/mol. The fourth-order valence-corrected chi connectivity index (χ4v) is 0.665. The molecule has 1 rings (SSSR count). The van der Waals surface area contributed by atoms with Crippen molar-refractivity contribution in [2.75, 3.05) is 0 Å². The molecule has 0 saturated heterocycles. The minimum atomic E-state index is -1.07. The molecule has 1 aromatic rings. The maximum atomic E-state index is 12.4. The van der Waals surface area contributed by atoms with E-state index >= 15 is 0 Å². The van der Waals surface area contributed by atoms with E-state index in [1.54, 1.807) is 0 Å². The van der Waals surface area contributed by atoms with Crippen LogP contribution in [0.15, 0.2) is 24.8 Å². The van der Waals surface area contributed by atoms with E-state index in [2.05, 4.69) is 6.58 Å². The van der Waals surface area contributed by atoms with Crippen LogP contribution in [0.4, 0.5) is 13.2 Å². The molecule has 0 aliphatic rings. The largest absolute Gasteiger partial charge is 0.207 e. The van der Waals surface area contributed by atoms with Gasteiger partial charge in [-0.05, 0) is 18.2 Å². The molecule has 0 radical (unpaired) electrons. The highest BCUT2D eigenvalue weighted by atomic mass is 19.2. The molecule has 0 amide bonds. The minimum absolute atomic E-state index is 0.0381. The zero-order valence-corrected chi connectivity index (χ0v) is 5.57. The minimum Gasteiger partial charge on any atom is -0.207 e. The first-order valence-electron chi connectivity index (χ1n) is 2.91. The van der Waals surface area contributed by atoms with E-state index in [1.807, 2.05) is 0 Å². The van der Waals surface area contributed by atoms with Gasteiger partial charge in [-0.15, -0.1) is 0 Å². The molecule has 0 aliphatic heterocycles. The molecule has 0 atom stereocenters. The van der Waals surface area contributed by atoms with Gasteiger partial charge in [-0.1, -0.05) is 6.58 Å². The predicted octanol–water partition coefficient (Wildman–Crippen LogP) is 2.91. The van der Waals surface area contributed by atoms with Crippen molar-refractivity contribution in [3.63, 3.8) is 0 Å². The van der Waals surface area contributed by atoms with Crippen LogP contribution < -0.4 is 0 Å². The van der Waals surface area contributed by atoms with Gasteiger partial charge in [0.05, 0.1) is 0 Å². The maximum Gasteiger partial charge on any atom is 0.159 e. The zero-order chi connectivity index (χ0) is 8.43. The van der Waals surface area contributed by atoms with E-state index in [0.717, 1.165) is 18.2 Å². The summed E-state index contributed by atoms with van der Waals surface area (Å²) in [6.07, 6.45) is 0. The van der Waals surface area contributed by atoms with Gasteiger partial charge in [-0.25, -0.2) is 13.2 Å². The molecule has 0 fully saturated rings. The van der Waals surface area contributed by atoms with E-state index < -0.39 is 17.5 Å². The third kappa shape index (κ3) is 1.61. The Kier molecular flexibility index (Phi) is 1.98. The summed E-state index contributed by atoms with van der Waals surface area (Å²) >= 11 is 0. The van der Waals surface area contributed by atoms with Gasteiger partial charge in [-0.3, -0.25) is 0 Å². The van der Waals surface area contributed by atoms with Crippen LogP contribution in [-0.4, -0.2) is 0 Å². The lowest BCUT2D eigenvalue weighted by molar-refractivity contribution is 0.508. The summed E-state index contributed by atoms with van der Waals surface area (Å²) in [5, 5.41) is 0. The first-order valence-corrected chi connectivity index (χ1v) is 2.91. The lowest BCUT2D eigenvalue weighted by Gasteiger charge is -1.96. The average Bonchev–Trinajstić information content (AvgIpc) is 1.94. The second-order valence-corrected chi connectivity index (χ2v) is 2.03. The van der Waals surface area contributed by atoms with Crippen LogP contribution in [-0.2, 0) is 0 Å². The number of benzene rings is 1.